The molecule has 73 heavy (non-hydrogen) atoms. The number of nitrogens with zero attached hydrogens (tertiary/aromatic N) is 2. The molecule has 0 aromatic carbocycles. The molecule has 4 saturated heterocycles. The lowest BCUT2D eigenvalue weighted by molar-refractivity contribution is -0.305. The van der Waals surface area contributed by atoms with Crippen LogP contribution in [0.15, 0.2) is 5.16 Å². The van der Waals surface area contributed by atoms with E-state index in [1.54, 1.807) is 27.7 Å². The number of rotatable bonds is 15. The van der Waals surface area contributed by atoms with Crippen LogP contribution in [0.3, 0.4) is 0 Å². The molecule has 1 unspecified atom stereocenters. The Kier molecular flexibility index (Phi) is 23.0. The molecule has 1 aliphatic carbocycles. The van der Waals surface area contributed by atoms with Crippen LogP contribution < -0.4 is 0 Å². The van der Waals surface area contributed by atoms with Gasteiger partial charge in [-0.1, -0.05) is 66.5 Å². The summed E-state index contributed by atoms with van der Waals surface area (Å²) in [4.78, 5) is 51.6. The number of carbonyl (C=O) groups excluding carboxylic acids is 3. The van der Waals surface area contributed by atoms with Crippen molar-refractivity contribution in [2.75, 3.05) is 34.5 Å². The molecule has 0 bridgehead atoms. The van der Waals surface area contributed by atoms with Gasteiger partial charge >= 0.3 is 11.9 Å². The van der Waals surface area contributed by atoms with E-state index in [1.165, 1.54) is 41.1 Å². The van der Waals surface area contributed by atoms with Gasteiger partial charge in [-0.3, -0.25) is 19.3 Å². The second-order valence-corrected chi connectivity index (χ2v) is 23.0. The molecule has 19 heteroatoms. The van der Waals surface area contributed by atoms with E-state index in [0.717, 1.165) is 19.4 Å². The zero-order valence-electron chi connectivity index (χ0n) is 46.8. The number of ether oxygens (including phenoxy) is 10. The number of Topliss-reactive ketones (excluding diaryl/α,β-unsaturated/α-hetero) is 1. The minimum Gasteiger partial charge on any atom is -0.461 e. The maximum atomic E-state index is 15.3. The number of cyclic esters (lactones) is 1. The number of methoxy groups -OCH3 is 2. The number of hydrogen-bond donors (Lipinski definition) is 3. The van der Waals surface area contributed by atoms with Gasteiger partial charge in [-0.2, -0.15) is 0 Å². The number of carbonyl (C=O) groups is 3. The molecule has 0 radical (unpaired) electrons. The summed E-state index contributed by atoms with van der Waals surface area (Å²) in [6.07, 6.45) is -7.08. The Balaban J connectivity index is 1.61. The van der Waals surface area contributed by atoms with Gasteiger partial charge in [0.05, 0.1) is 54.7 Å². The van der Waals surface area contributed by atoms with Crippen LogP contribution >= 0.6 is 0 Å². The first-order valence-electron chi connectivity index (χ1n) is 27.2. The van der Waals surface area contributed by atoms with Gasteiger partial charge in [-0.05, 0) is 72.6 Å². The van der Waals surface area contributed by atoms with Gasteiger partial charge in [0.25, 0.3) is 0 Å². The monoisotopic (exact) mass is 1040 g/mol. The molecule has 0 spiro atoms. The highest BCUT2D eigenvalue weighted by Crippen LogP contribution is 2.40. The van der Waals surface area contributed by atoms with E-state index in [9.17, 15) is 24.9 Å². The lowest BCUT2D eigenvalue weighted by atomic mass is 9.74. The first-order valence-corrected chi connectivity index (χ1v) is 27.2. The fraction of sp³-hybridized carbons (Fsp3) is 0.926. The summed E-state index contributed by atoms with van der Waals surface area (Å²) in [5, 5.41) is 39.1. The topological polar surface area (TPSA) is 229 Å². The Morgan fingerprint density at radius 3 is 2.08 bits per heavy atom. The molecule has 1 saturated carbocycles. The predicted molar refractivity (Wildman–Crippen MR) is 269 cm³/mol. The Labute approximate surface area is 435 Å². The van der Waals surface area contributed by atoms with Crippen molar-refractivity contribution < 1.29 is 81.9 Å². The van der Waals surface area contributed by atoms with Crippen LogP contribution in [0.5, 0.6) is 0 Å². The van der Waals surface area contributed by atoms with Crippen molar-refractivity contribution in [1.29, 1.82) is 0 Å². The van der Waals surface area contributed by atoms with Gasteiger partial charge in [0.2, 0.25) is 0 Å². The average Bonchev–Trinajstić information content (AvgIpc) is 3.82. The highest BCUT2D eigenvalue weighted by Gasteiger charge is 2.51. The molecule has 422 valence electrons. The first-order chi connectivity index (χ1) is 34.3. The zero-order chi connectivity index (χ0) is 54.2. The van der Waals surface area contributed by atoms with E-state index in [2.05, 4.69) is 17.0 Å². The number of esters is 2. The van der Waals surface area contributed by atoms with Crippen molar-refractivity contribution in [3.8, 4) is 0 Å². The number of aliphatic hydroxyl groups is 3. The van der Waals surface area contributed by atoms with Crippen LogP contribution in [0.2, 0.25) is 0 Å². The van der Waals surface area contributed by atoms with E-state index >= 15 is 4.79 Å². The lowest BCUT2D eigenvalue weighted by Crippen LogP contribution is -2.59. The second-order valence-electron chi connectivity index (χ2n) is 23.0. The second kappa shape index (κ2) is 27.3. The van der Waals surface area contributed by atoms with Crippen molar-refractivity contribution in [2.45, 2.75) is 245 Å². The molecule has 5 fully saturated rings. The summed E-state index contributed by atoms with van der Waals surface area (Å²) in [6, 6.07) is 0.529. The van der Waals surface area contributed by atoms with Crippen LogP contribution in [0.25, 0.3) is 0 Å². The van der Waals surface area contributed by atoms with Gasteiger partial charge in [0.1, 0.15) is 49.3 Å². The van der Waals surface area contributed by atoms with Crippen molar-refractivity contribution in [1.82, 2.24) is 4.90 Å². The molecular weight excluding hydrogens is 949 g/mol. The van der Waals surface area contributed by atoms with Crippen molar-refractivity contribution in [2.24, 2.45) is 46.6 Å². The zero-order valence-corrected chi connectivity index (χ0v) is 46.8. The number of aliphatic hydroxyl groups excluding tert-OH is 2. The molecule has 0 amide bonds. The van der Waals surface area contributed by atoms with Gasteiger partial charge in [0.15, 0.2) is 24.7 Å². The average molecular weight is 1040 g/mol. The van der Waals surface area contributed by atoms with Crippen molar-refractivity contribution in [3.63, 3.8) is 0 Å². The summed E-state index contributed by atoms with van der Waals surface area (Å²) < 4.78 is 63.8. The Hall–Kier alpha value is -2.40. The lowest BCUT2D eigenvalue weighted by Gasteiger charge is -2.44. The summed E-state index contributed by atoms with van der Waals surface area (Å²) in [5.41, 5.74) is -1.69. The Bertz CT molecular complexity index is 1780. The number of ketones is 1. The third kappa shape index (κ3) is 15.4. The van der Waals surface area contributed by atoms with Gasteiger partial charge in [-0.25, -0.2) is 0 Å². The molecule has 19 nitrogen and oxygen atoms in total. The third-order valence-electron chi connectivity index (χ3n) is 16.2. The van der Waals surface area contributed by atoms with E-state index < -0.39 is 139 Å². The predicted octanol–water partition coefficient (Wildman–Crippen LogP) is 5.59. The van der Waals surface area contributed by atoms with Crippen LogP contribution in [0.1, 0.15) is 141 Å². The minimum absolute atomic E-state index is 0.0547. The van der Waals surface area contributed by atoms with Crippen molar-refractivity contribution in [3.05, 3.63) is 0 Å². The Morgan fingerprint density at radius 1 is 0.808 bits per heavy atom. The Morgan fingerprint density at radius 2 is 1.47 bits per heavy atom. The molecule has 3 N–H and O–H groups in total. The smallest absolute Gasteiger partial charge is 0.311 e. The SMILES string of the molecule is CO/N=C1\C[C@@H](C)O[C@@H](O[C@@H]2[C@@H](C)[C@H](O[C@H]3CC(C)N(C4CCCC4)C[C@H](C)O3)[C@@H](C)C(=O)O[C@H]([C@@H](C)CO[C@@H]3O[C@H](C)[C@@H](O)[C@@H](OC)[C@H]3OC)[C@H](C)[C@@H](OC(=O)CC(C)C)[C@@H](C)C(=O)[C@@](C)(O)C[C@@H]2C)[C@@H]1O. The minimum atomic E-state index is -2.01. The van der Waals surface area contributed by atoms with E-state index in [1.807, 2.05) is 48.5 Å². The molecule has 4 aliphatic heterocycles. The maximum Gasteiger partial charge on any atom is 0.311 e. The molecular formula is C54H94N2O17. The summed E-state index contributed by atoms with van der Waals surface area (Å²) in [7, 11) is 4.33. The van der Waals surface area contributed by atoms with Gasteiger partial charge in [-0.15, -0.1) is 0 Å². The normalized spacial score (nSPS) is 43.3. The number of oxime groups is 1. The van der Waals surface area contributed by atoms with Crippen LogP contribution in [-0.4, -0.2) is 182 Å². The van der Waals surface area contributed by atoms with Gasteiger partial charge < -0.3 is 67.5 Å². The summed E-state index contributed by atoms with van der Waals surface area (Å²) in [5.74, 6) is -6.80. The molecule has 5 aliphatic rings. The van der Waals surface area contributed by atoms with E-state index in [0.29, 0.717) is 18.2 Å². The standard InChI is InChI=1S/C54H94N2O17/c1-27(2)21-40(57)70-46-34(9)45(29(4)26-66-53-49(64-15)48(63-14)42(58)37(12)69-53)72-51(61)36(11)47(71-41-22-30(5)56(25-32(7)67-41)38-19-17-18-20-38)33(8)44(28(3)24-54(13,62)50(60)35(46)10)73-52-43(59)39(55-65-16)23-31(6)68-52/h27-38,41-49,52-53,58-59,62H,17-26H2,1-16H3/b55-39+/t28-,29-,30?,31+,32-,33+,34-,35+,36+,37+,41-,42+,43+,44-,45+,46+,47-,48+,49+,52-,53+,54-/m0/s1. The third-order valence-corrected chi connectivity index (χ3v) is 16.2. The van der Waals surface area contributed by atoms with Crippen LogP contribution in [0.4, 0.5) is 0 Å². The van der Waals surface area contributed by atoms with Gasteiger partial charge in [0, 0.05) is 69.9 Å². The maximum absolute atomic E-state index is 15.3. The molecule has 22 atom stereocenters. The highest BCUT2D eigenvalue weighted by atomic mass is 16.7. The van der Waals surface area contributed by atoms with E-state index in [-0.39, 0.29) is 43.9 Å². The molecule has 0 aromatic heterocycles. The van der Waals surface area contributed by atoms with Crippen LogP contribution in [0, 0.1) is 41.4 Å². The molecule has 0 aromatic rings. The molecule has 5 rings (SSSR count). The first kappa shape index (κ1) is 61.5. The van der Waals surface area contributed by atoms with Crippen LogP contribution in [-0.2, 0) is 66.6 Å². The molecule has 4 heterocycles. The van der Waals surface area contributed by atoms with E-state index in [4.69, 9.17) is 52.2 Å². The quantitative estimate of drug-likeness (QED) is 0.134. The fourth-order valence-electron chi connectivity index (χ4n) is 12.3. The largest absolute Gasteiger partial charge is 0.461 e. The summed E-state index contributed by atoms with van der Waals surface area (Å²) >= 11 is 0. The summed E-state index contributed by atoms with van der Waals surface area (Å²) in [6.45, 7) is 24.3. The fourth-order valence-corrected chi connectivity index (χ4v) is 12.3. The highest BCUT2D eigenvalue weighted by molar-refractivity contribution is 5.90. The van der Waals surface area contributed by atoms with Crippen molar-refractivity contribution >= 4 is 23.4 Å². The number of hydrogen-bond acceptors (Lipinski definition) is 19.